The minimum Gasteiger partial charge on any atom is -0.497 e. The fraction of sp³-hybridized carbons (Fsp3) is 0.231. The van der Waals surface area contributed by atoms with Crippen LogP contribution in [0.1, 0.15) is 17.2 Å². The Morgan fingerprint density at radius 3 is 2.44 bits per heavy atom. The highest BCUT2D eigenvalue weighted by molar-refractivity contribution is 5.44. The Bertz CT molecular complexity index is 517. The number of rotatable bonds is 4. The van der Waals surface area contributed by atoms with Gasteiger partial charge in [-0.15, -0.1) is 0 Å². The highest BCUT2D eigenvalue weighted by Crippen LogP contribution is 2.32. The summed E-state index contributed by atoms with van der Waals surface area (Å²) < 4.78 is 10.4. The lowest BCUT2D eigenvalue weighted by Gasteiger charge is -2.15. The number of hydrogen-bond acceptors (Lipinski definition) is 5. The van der Waals surface area contributed by atoms with E-state index in [1.54, 1.807) is 44.8 Å². The number of aliphatic hydroxyl groups is 1. The molecule has 1 atom stereocenters. The van der Waals surface area contributed by atoms with Gasteiger partial charge in [-0.3, -0.25) is 0 Å². The Kier molecular flexibility index (Phi) is 3.74. The molecule has 0 spiro atoms. The first-order chi connectivity index (χ1) is 8.76. The van der Waals surface area contributed by atoms with E-state index in [4.69, 9.17) is 9.47 Å². The summed E-state index contributed by atoms with van der Waals surface area (Å²) in [5.41, 5.74) is 1.26. The largest absolute Gasteiger partial charge is 0.497 e. The molecule has 0 radical (unpaired) electrons. The highest BCUT2D eigenvalue weighted by Gasteiger charge is 2.16. The van der Waals surface area contributed by atoms with Gasteiger partial charge in [0.2, 0.25) is 0 Å². The zero-order valence-corrected chi connectivity index (χ0v) is 10.2. The summed E-state index contributed by atoms with van der Waals surface area (Å²) in [6, 6.07) is 5.25. The summed E-state index contributed by atoms with van der Waals surface area (Å²) >= 11 is 0. The predicted octanol–water partition coefficient (Wildman–Crippen LogP) is 1.58. The first kappa shape index (κ1) is 12.3. The van der Waals surface area contributed by atoms with Crippen molar-refractivity contribution in [2.24, 2.45) is 0 Å². The molecule has 94 valence electrons. The van der Waals surface area contributed by atoms with Crippen molar-refractivity contribution < 1.29 is 14.6 Å². The van der Waals surface area contributed by atoms with Gasteiger partial charge < -0.3 is 14.6 Å². The van der Waals surface area contributed by atoms with Crippen LogP contribution in [0.4, 0.5) is 0 Å². The maximum absolute atomic E-state index is 10.3. The van der Waals surface area contributed by atoms with Crippen LogP contribution in [0.5, 0.6) is 11.5 Å². The summed E-state index contributed by atoms with van der Waals surface area (Å²) in [5.74, 6) is 1.23. The maximum atomic E-state index is 10.3. The maximum Gasteiger partial charge on any atom is 0.128 e. The SMILES string of the molecule is COc1ccc(C(O)c2cncnc2)c(OC)c1. The molecule has 1 heterocycles. The molecule has 0 bridgehead atoms. The lowest BCUT2D eigenvalue weighted by atomic mass is 10.0. The number of benzene rings is 1. The second kappa shape index (κ2) is 5.46. The van der Waals surface area contributed by atoms with Crippen molar-refractivity contribution >= 4 is 0 Å². The van der Waals surface area contributed by atoms with Gasteiger partial charge in [0.05, 0.1) is 14.2 Å². The summed E-state index contributed by atoms with van der Waals surface area (Å²) in [6.45, 7) is 0. The van der Waals surface area contributed by atoms with Crippen molar-refractivity contribution in [1.82, 2.24) is 9.97 Å². The van der Waals surface area contributed by atoms with Gasteiger partial charge in [-0.05, 0) is 12.1 Å². The molecule has 1 N–H and O–H groups in total. The number of methoxy groups -OCH3 is 2. The van der Waals surface area contributed by atoms with Gasteiger partial charge in [0, 0.05) is 29.6 Å². The first-order valence-corrected chi connectivity index (χ1v) is 5.41. The van der Waals surface area contributed by atoms with Crippen LogP contribution in [0, 0.1) is 0 Å². The fourth-order valence-electron chi connectivity index (χ4n) is 1.68. The molecule has 1 unspecified atom stereocenters. The Morgan fingerprint density at radius 1 is 1.11 bits per heavy atom. The molecule has 5 heteroatoms. The van der Waals surface area contributed by atoms with E-state index in [-0.39, 0.29) is 0 Å². The van der Waals surface area contributed by atoms with E-state index in [9.17, 15) is 5.11 Å². The quantitative estimate of drug-likeness (QED) is 0.887. The standard InChI is InChI=1S/C13H14N2O3/c1-17-10-3-4-11(12(5-10)18-2)13(16)9-6-14-8-15-7-9/h3-8,13,16H,1-2H3. The van der Waals surface area contributed by atoms with Gasteiger partial charge in [0.15, 0.2) is 0 Å². The van der Waals surface area contributed by atoms with Gasteiger partial charge in [-0.25, -0.2) is 9.97 Å². The molecule has 18 heavy (non-hydrogen) atoms. The van der Waals surface area contributed by atoms with E-state index in [0.29, 0.717) is 22.6 Å². The first-order valence-electron chi connectivity index (χ1n) is 5.41. The Morgan fingerprint density at radius 2 is 1.83 bits per heavy atom. The smallest absolute Gasteiger partial charge is 0.128 e. The van der Waals surface area contributed by atoms with Crippen molar-refractivity contribution in [3.05, 3.63) is 48.0 Å². The molecule has 1 aromatic carbocycles. The van der Waals surface area contributed by atoms with Crippen molar-refractivity contribution in [3.63, 3.8) is 0 Å². The molecular weight excluding hydrogens is 232 g/mol. The zero-order valence-electron chi connectivity index (χ0n) is 10.2. The topological polar surface area (TPSA) is 64.5 Å². The van der Waals surface area contributed by atoms with E-state index in [1.165, 1.54) is 6.33 Å². The van der Waals surface area contributed by atoms with E-state index < -0.39 is 6.10 Å². The molecule has 2 aromatic rings. The summed E-state index contributed by atoms with van der Waals surface area (Å²) in [7, 11) is 3.13. The summed E-state index contributed by atoms with van der Waals surface area (Å²) in [4.78, 5) is 7.77. The molecule has 0 aliphatic carbocycles. The monoisotopic (exact) mass is 246 g/mol. The molecule has 1 aromatic heterocycles. The normalized spacial score (nSPS) is 11.9. The van der Waals surface area contributed by atoms with Crippen LogP contribution in [0.3, 0.4) is 0 Å². The van der Waals surface area contributed by atoms with Gasteiger partial charge in [-0.1, -0.05) is 0 Å². The summed E-state index contributed by atoms with van der Waals surface area (Å²) in [6.07, 6.45) is 3.73. The number of nitrogens with zero attached hydrogens (tertiary/aromatic N) is 2. The van der Waals surface area contributed by atoms with Crippen LogP contribution in [0.25, 0.3) is 0 Å². The molecule has 0 fully saturated rings. The van der Waals surface area contributed by atoms with Crippen LogP contribution >= 0.6 is 0 Å². The van der Waals surface area contributed by atoms with Gasteiger partial charge in [-0.2, -0.15) is 0 Å². The third-order valence-corrected chi connectivity index (χ3v) is 2.63. The average Bonchev–Trinajstić information content (AvgIpc) is 2.46. The molecule has 0 aliphatic rings. The van der Waals surface area contributed by atoms with Crippen LogP contribution in [0.15, 0.2) is 36.9 Å². The van der Waals surface area contributed by atoms with Gasteiger partial charge in [0.25, 0.3) is 0 Å². The predicted molar refractivity (Wildman–Crippen MR) is 65.6 cm³/mol. The van der Waals surface area contributed by atoms with Crippen molar-refractivity contribution in [1.29, 1.82) is 0 Å². The molecule has 0 amide bonds. The zero-order chi connectivity index (χ0) is 13.0. The van der Waals surface area contributed by atoms with E-state index in [0.717, 1.165) is 0 Å². The number of aromatic nitrogens is 2. The highest BCUT2D eigenvalue weighted by atomic mass is 16.5. The minimum atomic E-state index is -0.827. The van der Waals surface area contributed by atoms with E-state index in [2.05, 4.69) is 9.97 Å². The lowest BCUT2D eigenvalue weighted by Crippen LogP contribution is -2.03. The third kappa shape index (κ3) is 2.41. The summed E-state index contributed by atoms with van der Waals surface area (Å²) in [5, 5.41) is 10.3. The number of aliphatic hydroxyl groups excluding tert-OH is 1. The third-order valence-electron chi connectivity index (χ3n) is 2.63. The molecule has 0 aliphatic heterocycles. The van der Waals surface area contributed by atoms with Crippen LogP contribution in [-0.2, 0) is 0 Å². The molecule has 0 saturated heterocycles. The molecule has 5 nitrogen and oxygen atoms in total. The number of hydrogen-bond donors (Lipinski definition) is 1. The lowest BCUT2D eigenvalue weighted by molar-refractivity contribution is 0.213. The van der Waals surface area contributed by atoms with Crippen molar-refractivity contribution in [2.75, 3.05) is 14.2 Å². The van der Waals surface area contributed by atoms with E-state index in [1.807, 2.05) is 0 Å². The fourth-order valence-corrected chi connectivity index (χ4v) is 1.68. The second-order valence-electron chi connectivity index (χ2n) is 3.68. The van der Waals surface area contributed by atoms with Crippen molar-refractivity contribution in [2.45, 2.75) is 6.10 Å². The molecule has 2 rings (SSSR count). The van der Waals surface area contributed by atoms with Crippen LogP contribution in [0.2, 0.25) is 0 Å². The molecular formula is C13H14N2O3. The Balaban J connectivity index is 2.38. The molecule has 0 saturated carbocycles. The van der Waals surface area contributed by atoms with E-state index >= 15 is 0 Å². The Labute approximate surface area is 105 Å². The van der Waals surface area contributed by atoms with Crippen LogP contribution in [-0.4, -0.2) is 29.3 Å². The number of ether oxygens (including phenoxy) is 2. The van der Waals surface area contributed by atoms with Crippen LogP contribution < -0.4 is 9.47 Å². The minimum absolute atomic E-state index is 0.561. The second-order valence-corrected chi connectivity index (χ2v) is 3.68. The average molecular weight is 246 g/mol. The van der Waals surface area contributed by atoms with Crippen molar-refractivity contribution in [3.8, 4) is 11.5 Å². The van der Waals surface area contributed by atoms with Gasteiger partial charge in [0.1, 0.15) is 23.9 Å². The Hall–Kier alpha value is -2.14. The van der Waals surface area contributed by atoms with Gasteiger partial charge >= 0.3 is 0 Å².